The number of pyridine rings is 1. The quantitative estimate of drug-likeness (QED) is 0.867. The van der Waals surface area contributed by atoms with Crippen molar-refractivity contribution in [3.8, 4) is 5.75 Å². The van der Waals surface area contributed by atoms with E-state index in [4.69, 9.17) is 4.74 Å². The Morgan fingerprint density at radius 1 is 1.44 bits per heavy atom. The van der Waals surface area contributed by atoms with Gasteiger partial charge in [0.05, 0.1) is 12.8 Å². The molecule has 3 nitrogen and oxygen atoms in total. The van der Waals surface area contributed by atoms with Gasteiger partial charge in [0.2, 0.25) is 0 Å². The monoisotopic (exact) mass is 244 g/mol. The number of aromatic nitrogens is 1. The molecular weight excluding hydrogens is 224 g/mol. The van der Waals surface area contributed by atoms with Gasteiger partial charge in [0.15, 0.2) is 0 Å². The number of allylic oxidation sites excluding steroid dienone is 1. The Balaban J connectivity index is 1.91. The first-order chi connectivity index (χ1) is 8.79. The molecule has 3 rings (SSSR count). The van der Waals surface area contributed by atoms with Crippen molar-refractivity contribution in [3.05, 3.63) is 29.6 Å². The molecule has 18 heavy (non-hydrogen) atoms. The zero-order chi connectivity index (χ0) is 12.5. The summed E-state index contributed by atoms with van der Waals surface area (Å²) >= 11 is 0. The maximum absolute atomic E-state index is 5.38. The minimum absolute atomic E-state index is 0.660. The minimum Gasteiger partial charge on any atom is -0.495 e. The molecule has 2 aliphatic rings. The number of methoxy groups -OCH3 is 1. The van der Waals surface area contributed by atoms with Gasteiger partial charge < -0.3 is 10.1 Å². The van der Waals surface area contributed by atoms with Gasteiger partial charge in [0.25, 0.3) is 0 Å². The standard InChI is InChI=1S/C15H20N2O/c1-10-15(18-2)7-12(8-17-10)13-4-3-11-5-6-16-9-14(11)13/h4,7-8,11,14,16H,3,5-6,9H2,1-2H3. The molecule has 96 valence electrons. The lowest BCUT2D eigenvalue weighted by atomic mass is 9.84. The van der Waals surface area contributed by atoms with Crippen LogP contribution in [0.15, 0.2) is 18.3 Å². The molecule has 1 N–H and O–H groups in total. The highest BCUT2D eigenvalue weighted by atomic mass is 16.5. The predicted molar refractivity (Wildman–Crippen MR) is 72.6 cm³/mol. The highest BCUT2D eigenvalue weighted by molar-refractivity contribution is 5.70. The number of aryl methyl sites for hydroxylation is 1. The largest absolute Gasteiger partial charge is 0.495 e. The van der Waals surface area contributed by atoms with Gasteiger partial charge in [-0.05, 0) is 55.3 Å². The molecule has 0 spiro atoms. The molecule has 1 saturated heterocycles. The fraction of sp³-hybridized carbons (Fsp3) is 0.533. The molecule has 0 amide bonds. The Bertz CT molecular complexity index is 481. The summed E-state index contributed by atoms with van der Waals surface area (Å²) in [4.78, 5) is 4.45. The van der Waals surface area contributed by atoms with E-state index in [9.17, 15) is 0 Å². The SMILES string of the molecule is COc1cc(C2=CCC3CCNCC23)cnc1C. The minimum atomic E-state index is 0.660. The summed E-state index contributed by atoms with van der Waals surface area (Å²) in [5.41, 5.74) is 3.64. The van der Waals surface area contributed by atoms with E-state index >= 15 is 0 Å². The van der Waals surface area contributed by atoms with E-state index in [1.807, 2.05) is 13.1 Å². The smallest absolute Gasteiger partial charge is 0.140 e. The van der Waals surface area contributed by atoms with Crippen LogP contribution in [0.4, 0.5) is 0 Å². The summed E-state index contributed by atoms with van der Waals surface area (Å²) in [6.45, 7) is 4.25. The molecule has 0 radical (unpaired) electrons. The lowest BCUT2D eigenvalue weighted by Crippen LogP contribution is -2.34. The molecule has 0 bridgehead atoms. The fourth-order valence-corrected chi connectivity index (χ4v) is 3.20. The molecule has 1 aliphatic carbocycles. The number of ether oxygens (including phenoxy) is 1. The third kappa shape index (κ3) is 1.93. The molecule has 2 unspecified atom stereocenters. The van der Waals surface area contributed by atoms with E-state index in [1.165, 1.54) is 24.0 Å². The Kier molecular flexibility index (Phi) is 3.08. The van der Waals surface area contributed by atoms with Crippen LogP contribution in [0.1, 0.15) is 24.1 Å². The summed E-state index contributed by atoms with van der Waals surface area (Å²) in [5, 5.41) is 3.50. The van der Waals surface area contributed by atoms with Crippen molar-refractivity contribution in [3.63, 3.8) is 0 Å². The number of rotatable bonds is 2. The predicted octanol–water partition coefficient (Wildman–Crippen LogP) is 2.41. The first kappa shape index (κ1) is 11.7. The third-order valence-electron chi connectivity index (χ3n) is 4.26. The molecule has 1 fully saturated rings. The topological polar surface area (TPSA) is 34.1 Å². The molecule has 0 aromatic carbocycles. The first-order valence-electron chi connectivity index (χ1n) is 6.71. The summed E-state index contributed by atoms with van der Waals surface area (Å²) in [5.74, 6) is 2.38. The second-order valence-corrected chi connectivity index (χ2v) is 5.27. The van der Waals surface area contributed by atoms with E-state index in [-0.39, 0.29) is 0 Å². The van der Waals surface area contributed by atoms with Crippen LogP contribution in [0.3, 0.4) is 0 Å². The summed E-state index contributed by atoms with van der Waals surface area (Å²) in [6, 6.07) is 2.13. The van der Waals surface area contributed by atoms with E-state index in [0.717, 1.165) is 30.5 Å². The van der Waals surface area contributed by atoms with E-state index in [0.29, 0.717) is 5.92 Å². The normalized spacial score (nSPS) is 26.7. The lowest BCUT2D eigenvalue weighted by Gasteiger charge is -2.28. The van der Waals surface area contributed by atoms with Crippen molar-refractivity contribution < 1.29 is 4.74 Å². The Morgan fingerprint density at radius 3 is 3.17 bits per heavy atom. The number of fused-ring (bicyclic) bond motifs is 1. The van der Waals surface area contributed by atoms with Crippen LogP contribution in [-0.4, -0.2) is 25.2 Å². The first-order valence-corrected chi connectivity index (χ1v) is 6.71. The van der Waals surface area contributed by atoms with Crippen molar-refractivity contribution in [2.24, 2.45) is 11.8 Å². The maximum atomic E-state index is 5.38. The van der Waals surface area contributed by atoms with Crippen molar-refractivity contribution in [2.45, 2.75) is 19.8 Å². The van der Waals surface area contributed by atoms with Gasteiger partial charge in [-0.3, -0.25) is 4.98 Å². The molecule has 0 saturated carbocycles. The molecule has 1 aromatic heterocycles. The number of piperidine rings is 1. The van der Waals surface area contributed by atoms with E-state index < -0.39 is 0 Å². The number of hydrogen-bond donors (Lipinski definition) is 1. The van der Waals surface area contributed by atoms with Crippen LogP contribution in [0.2, 0.25) is 0 Å². The van der Waals surface area contributed by atoms with Gasteiger partial charge in [-0.25, -0.2) is 0 Å². The van der Waals surface area contributed by atoms with E-state index in [2.05, 4.69) is 22.4 Å². The summed E-state index contributed by atoms with van der Waals surface area (Å²) < 4.78 is 5.38. The maximum Gasteiger partial charge on any atom is 0.140 e. The third-order valence-corrected chi connectivity index (χ3v) is 4.26. The average molecular weight is 244 g/mol. The molecule has 2 atom stereocenters. The Hall–Kier alpha value is -1.35. The van der Waals surface area contributed by atoms with Crippen molar-refractivity contribution in [1.82, 2.24) is 10.3 Å². The Labute approximate surface area is 108 Å². The van der Waals surface area contributed by atoms with Crippen LogP contribution in [-0.2, 0) is 0 Å². The fourth-order valence-electron chi connectivity index (χ4n) is 3.20. The van der Waals surface area contributed by atoms with Gasteiger partial charge in [-0.2, -0.15) is 0 Å². The second kappa shape index (κ2) is 4.73. The lowest BCUT2D eigenvalue weighted by molar-refractivity contribution is 0.328. The van der Waals surface area contributed by atoms with Crippen LogP contribution in [0, 0.1) is 18.8 Å². The van der Waals surface area contributed by atoms with Gasteiger partial charge in [0, 0.05) is 12.7 Å². The van der Waals surface area contributed by atoms with Gasteiger partial charge in [-0.1, -0.05) is 6.08 Å². The van der Waals surface area contributed by atoms with Crippen molar-refractivity contribution >= 4 is 5.57 Å². The Morgan fingerprint density at radius 2 is 2.33 bits per heavy atom. The van der Waals surface area contributed by atoms with Gasteiger partial charge in [-0.15, -0.1) is 0 Å². The molecule has 1 aromatic rings. The molecule has 3 heteroatoms. The second-order valence-electron chi connectivity index (χ2n) is 5.27. The highest BCUT2D eigenvalue weighted by Gasteiger charge is 2.32. The van der Waals surface area contributed by atoms with Crippen LogP contribution in [0.25, 0.3) is 5.57 Å². The highest BCUT2D eigenvalue weighted by Crippen LogP contribution is 2.41. The van der Waals surface area contributed by atoms with Gasteiger partial charge in [0.1, 0.15) is 5.75 Å². The summed E-state index contributed by atoms with van der Waals surface area (Å²) in [7, 11) is 1.71. The summed E-state index contributed by atoms with van der Waals surface area (Å²) in [6.07, 6.45) is 6.90. The van der Waals surface area contributed by atoms with Crippen LogP contribution < -0.4 is 10.1 Å². The van der Waals surface area contributed by atoms with Crippen LogP contribution >= 0.6 is 0 Å². The van der Waals surface area contributed by atoms with E-state index in [1.54, 1.807) is 7.11 Å². The molecule has 2 heterocycles. The number of hydrogen-bond acceptors (Lipinski definition) is 3. The molecular formula is C15H20N2O. The van der Waals surface area contributed by atoms with Crippen molar-refractivity contribution in [1.29, 1.82) is 0 Å². The zero-order valence-corrected chi connectivity index (χ0v) is 11.1. The number of nitrogens with one attached hydrogen (secondary N) is 1. The van der Waals surface area contributed by atoms with Crippen LogP contribution in [0.5, 0.6) is 5.75 Å². The molecule has 1 aliphatic heterocycles. The number of nitrogens with zero attached hydrogens (tertiary/aromatic N) is 1. The van der Waals surface area contributed by atoms with Crippen molar-refractivity contribution in [2.75, 3.05) is 20.2 Å². The average Bonchev–Trinajstić information content (AvgIpc) is 2.83. The van der Waals surface area contributed by atoms with Gasteiger partial charge >= 0.3 is 0 Å². The zero-order valence-electron chi connectivity index (χ0n) is 11.1.